The lowest BCUT2D eigenvalue weighted by molar-refractivity contribution is -0.140. The van der Waals surface area contributed by atoms with Gasteiger partial charge >= 0.3 is 0 Å². The fourth-order valence-electron chi connectivity index (χ4n) is 3.76. The zero-order valence-electron chi connectivity index (χ0n) is 17.5. The van der Waals surface area contributed by atoms with Crippen molar-refractivity contribution in [2.24, 2.45) is 0 Å². The van der Waals surface area contributed by atoms with Crippen molar-refractivity contribution in [1.29, 1.82) is 0 Å². The maximum Gasteiger partial charge on any atom is 0.150 e. The third kappa shape index (κ3) is 5.82. The van der Waals surface area contributed by atoms with E-state index < -0.39 is 12.2 Å². The van der Waals surface area contributed by atoms with Crippen LogP contribution in [0.2, 0.25) is 0 Å². The molecule has 3 aromatic carbocycles. The van der Waals surface area contributed by atoms with E-state index >= 15 is 0 Å². The van der Waals surface area contributed by atoms with Crippen LogP contribution >= 0.6 is 0 Å². The molecule has 0 unspecified atom stereocenters. The van der Waals surface area contributed by atoms with Crippen LogP contribution in [-0.4, -0.2) is 30.0 Å². The van der Waals surface area contributed by atoms with Crippen LogP contribution in [0.5, 0.6) is 0 Å². The summed E-state index contributed by atoms with van der Waals surface area (Å²) in [7, 11) is 0. The van der Waals surface area contributed by atoms with E-state index in [0.29, 0.717) is 13.2 Å². The molecule has 0 spiro atoms. The molecule has 4 rings (SSSR count). The molecule has 0 aromatic heterocycles. The van der Waals surface area contributed by atoms with Gasteiger partial charge in [0.1, 0.15) is 18.3 Å². The highest BCUT2D eigenvalue weighted by Gasteiger charge is 2.33. The third-order valence-corrected chi connectivity index (χ3v) is 5.46. The predicted octanol–water partition coefficient (Wildman–Crippen LogP) is 4.65. The first-order valence-electron chi connectivity index (χ1n) is 10.6. The van der Waals surface area contributed by atoms with E-state index in [4.69, 9.17) is 14.2 Å². The second-order valence-electron chi connectivity index (χ2n) is 7.65. The van der Waals surface area contributed by atoms with E-state index in [9.17, 15) is 5.11 Å². The van der Waals surface area contributed by atoms with E-state index in [0.717, 1.165) is 17.5 Å². The molecule has 0 bridgehead atoms. The molecule has 0 fully saturated rings. The van der Waals surface area contributed by atoms with Crippen molar-refractivity contribution < 1.29 is 19.3 Å². The summed E-state index contributed by atoms with van der Waals surface area (Å²) >= 11 is 0. The molecule has 31 heavy (non-hydrogen) atoms. The van der Waals surface area contributed by atoms with Crippen molar-refractivity contribution in [3.8, 4) is 0 Å². The Bertz CT molecular complexity index is 955. The minimum atomic E-state index is -0.460. The Kier molecular flexibility index (Phi) is 7.51. The van der Waals surface area contributed by atoms with Gasteiger partial charge < -0.3 is 19.3 Å². The van der Waals surface area contributed by atoms with Gasteiger partial charge in [0, 0.05) is 0 Å². The zero-order chi connectivity index (χ0) is 21.3. The van der Waals surface area contributed by atoms with Crippen LogP contribution in [0, 0.1) is 0 Å². The zero-order valence-corrected chi connectivity index (χ0v) is 17.5. The van der Waals surface area contributed by atoms with E-state index in [-0.39, 0.29) is 12.7 Å². The molecular weight excluding hydrogens is 388 g/mol. The highest BCUT2D eigenvalue weighted by atomic mass is 16.6. The van der Waals surface area contributed by atoms with Crippen LogP contribution in [0.1, 0.15) is 22.3 Å². The van der Waals surface area contributed by atoms with Gasteiger partial charge in [-0.15, -0.1) is 0 Å². The van der Waals surface area contributed by atoms with Crippen LogP contribution in [0.15, 0.2) is 97.3 Å². The number of hydrogen-bond acceptors (Lipinski definition) is 4. The molecule has 3 atom stereocenters. The quantitative estimate of drug-likeness (QED) is 0.552. The summed E-state index contributed by atoms with van der Waals surface area (Å²) < 4.78 is 18.0. The average Bonchev–Trinajstić information content (AvgIpc) is 2.83. The van der Waals surface area contributed by atoms with Gasteiger partial charge in [0.2, 0.25) is 0 Å². The minimum absolute atomic E-state index is 0.131. The molecule has 0 radical (unpaired) electrons. The van der Waals surface area contributed by atoms with Crippen LogP contribution in [0.4, 0.5) is 0 Å². The first-order chi connectivity index (χ1) is 15.3. The van der Waals surface area contributed by atoms with Crippen LogP contribution in [0.25, 0.3) is 0 Å². The molecule has 1 aliphatic heterocycles. The SMILES string of the molecule is OC[C@H]1OC=C[C@@H](OCc2ccccc2Cc2ccccc2)[C@@H]1OCc1ccccc1. The number of rotatable bonds is 9. The molecule has 0 saturated carbocycles. The summed E-state index contributed by atoms with van der Waals surface area (Å²) in [5, 5.41) is 9.78. The maximum absolute atomic E-state index is 9.78. The van der Waals surface area contributed by atoms with Gasteiger partial charge in [-0.25, -0.2) is 0 Å². The van der Waals surface area contributed by atoms with Gasteiger partial charge in [-0.05, 0) is 34.8 Å². The Morgan fingerprint density at radius 1 is 0.710 bits per heavy atom. The normalized spacial score (nSPS) is 20.4. The Balaban J connectivity index is 1.43. The van der Waals surface area contributed by atoms with Gasteiger partial charge in [-0.2, -0.15) is 0 Å². The summed E-state index contributed by atoms with van der Waals surface area (Å²) in [5.74, 6) is 0. The van der Waals surface area contributed by atoms with Crippen molar-refractivity contribution in [1.82, 2.24) is 0 Å². The number of benzene rings is 3. The molecule has 160 valence electrons. The van der Waals surface area contributed by atoms with Gasteiger partial charge in [-0.1, -0.05) is 84.9 Å². The molecule has 0 amide bonds. The molecule has 4 heteroatoms. The summed E-state index contributed by atoms with van der Waals surface area (Å²) in [4.78, 5) is 0. The summed E-state index contributed by atoms with van der Waals surface area (Å²) in [6.45, 7) is 0.763. The molecule has 1 aliphatic rings. The fourth-order valence-corrected chi connectivity index (χ4v) is 3.76. The largest absolute Gasteiger partial charge is 0.493 e. The molecule has 1 heterocycles. The fraction of sp³-hybridized carbons (Fsp3) is 0.259. The Hall–Kier alpha value is -2.92. The lowest BCUT2D eigenvalue weighted by atomic mass is 10.00. The van der Waals surface area contributed by atoms with Crippen molar-refractivity contribution in [3.63, 3.8) is 0 Å². The smallest absolute Gasteiger partial charge is 0.150 e. The molecule has 1 N–H and O–H groups in total. The summed E-state index contributed by atoms with van der Waals surface area (Å²) in [6, 6.07) is 28.7. The summed E-state index contributed by atoms with van der Waals surface area (Å²) in [5.41, 5.74) is 4.73. The van der Waals surface area contributed by atoms with E-state index in [1.54, 1.807) is 6.26 Å². The summed E-state index contributed by atoms with van der Waals surface area (Å²) in [6.07, 6.45) is 3.16. The molecule has 0 aliphatic carbocycles. The van der Waals surface area contributed by atoms with Gasteiger partial charge in [0.15, 0.2) is 0 Å². The Morgan fingerprint density at radius 3 is 2.06 bits per heavy atom. The highest BCUT2D eigenvalue weighted by Crippen LogP contribution is 2.23. The first-order valence-corrected chi connectivity index (χ1v) is 10.6. The number of hydrogen-bond donors (Lipinski definition) is 1. The average molecular weight is 417 g/mol. The maximum atomic E-state index is 9.78. The molecule has 4 nitrogen and oxygen atoms in total. The predicted molar refractivity (Wildman–Crippen MR) is 120 cm³/mol. The molecular formula is C27H28O4. The van der Waals surface area contributed by atoms with Gasteiger partial charge in [-0.3, -0.25) is 0 Å². The van der Waals surface area contributed by atoms with Crippen molar-refractivity contribution in [2.45, 2.75) is 37.9 Å². The first kappa shape index (κ1) is 21.3. The number of ether oxygens (including phenoxy) is 3. The Labute approximate surface area is 183 Å². The van der Waals surface area contributed by atoms with Crippen LogP contribution < -0.4 is 0 Å². The van der Waals surface area contributed by atoms with E-state index in [1.165, 1.54) is 11.1 Å². The minimum Gasteiger partial charge on any atom is -0.493 e. The monoisotopic (exact) mass is 416 g/mol. The standard InChI is InChI=1S/C27H28O4/c28-18-26-27(31-19-22-11-5-2-6-12-22)25(15-16-29-26)30-20-24-14-8-7-13-23(24)17-21-9-3-1-4-10-21/h1-16,25-28H,17-20H2/t25-,26-,27+/m1/s1. The second kappa shape index (κ2) is 10.9. The lowest BCUT2D eigenvalue weighted by Gasteiger charge is -2.34. The topological polar surface area (TPSA) is 47.9 Å². The van der Waals surface area contributed by atoms with Gasteiger partial charge in [0.05, 0.1) is 26.1 Å². The van der Waals surface area contributed by atoms with E-state index in [2.05, 4.69) is 42.5 Å². The van der Waals surface area contributed by atoms with Crippen molar-refractivity contribution in [3.05, 3.63) is 120 Å². The molecule has 0 saturated heterocycles. The van der Waals surface area contributed by atoms with E-state index in [1.807, 2.05) is 48.5 Å². The van der Waals surface area contributed by atoms with Gasteiger partial charge in [0.25, 0.3) is 0 Å². The lowest BCUT2D eigenvalue weighted by Crippen LogP contribution is -2.45. The van der Waals surface area contributed by atoms with Crippen LogP contribution in [0.3, 0.4) is 0 Å². The second-order valence-corrected chi connectivity index (χ2v) is 7.65. The van der Waals surface area contributed by atoms with Crippen LogP contribution in [-0.2, 0) is 33.8 Å². The van der Waals surface area contributed by atoms with Crippen molar-refractivity contribution >= 4 is 0 Å². The number of aliphatic hydroxyl groups excluding tert-OH is 1. The molecule has 3 aromatic rings. The van der Waals surface area contributed by atoms with Crippen molar-refractivity contribution in [2.75, 3.05) is 6.61 Å². The number of aliphatic hydroxyl groups is 1. The highest BCUT2D eigenvalue weighted by molar-refractivity contribution is 5.32. The third-order valence-electron chi connectivity index (χ3n) is 5.46. The Morgan fingerprint density at radius 2 is 1.35 bits per heavy atom.